The molecule has 1 heterocycles. The Hall–Kier alpha value is -1.67. The Balaban J connectivity index is 3.09. The van der Waals surface area contributed by atoms with Gasteiger partial charge >= 0.3 is 12.5 Å². The van der Waals surface area contributed by atoms with E-state index in [1.165, 1.54) is 0 Å². The first kappa shape index (κ1) is 12.4. The number of nitrogens with two attached hydrogens (primary N) is 1. The molecule has 0 aromatic carbocycles. The average molecular weight is 246 g/mol. The summed E-state index contributed by atoms with van der Waals surface area (Å²) in [6.45, 7) is 0. The van der Waals surface area contributed by atoms with Gasteiger partial charge in [-0.15, -0.1) is 13.2 Å². The lowest BCUT2D eigenvalue weighted by Gasteiger charge is -2.11. The first-order valence-corrected chi connectivity index (χ1v) is 3.68. The number of halogens is 6. The second-order valence-corrected chi connectivity index (χ2v) is 2.67. The molecule has 0 aliphatic carbocycles. The van der Waals surface area contributed by atoms with E-state index in [-0.39, 0.29) is 0 Å². The topological polar surface area (TPSA) is 48.1 Å². The van der Waals surface area contributed by atoms with Gasteiger partial charge in [-0.1, -0.05) is 0 Å². The van der Waals surface area contributed by atoms with Crippen LogP contribution in [-0.4, -0.2) is 11.3 Å². The first-order valence-electron chi connectivity index (χ1n) is 3.68. The van der Waals surface area contributed by atoms with Gasteiger partial charge in [0, 0.05) is 11.8 Å². The standard InChI is InChI=1S/C7H4F6N2O/c8-6(9,10)4-1-3(14)2-5(15-4)16-7(11,12)13/h1-2H,(H2,14,15). The molecule has 0 radical (unpaired) electrons. The zero-order valence-electron chi connectivity index (χ0n) is 7.36. The van der Waals surface area contributed by atoms with E-state index in [2.05, 4.69) is 9.72 Å². The van der Waals surface area contributed by atoms with Gasteiger partial charge in [-0.05, 0) is 6.07 Å². The molecule has 1 aromatic rings. The van der Waals surface area contributed by atoms with Gasteiger partial charge in [-0.3, -0.25) is 0 Å². The summed E-state index contributed by atoms with van der Waals surface area (Å²) in [5.41, 5.74) is 2.91. The predicted molar refractivity (Wildman–Crippen MR) is 40.3 cm³/mol. The van der Waals surface area contributed by atoms with Gasteiger partial charge in [-0.25, -0.2) is 4.98 Å². The van der Waals surface area contributed by atoms with E-state index in [0.29, 0.717) is 12.1 Å². The van der Waals surface area contributed by atoms with Gasteiger partial charge < -0.3 is 10.5 Å². The quantitative estimate of drug-likeness (QED) is 0.774. The molecule has 0 spiro atoms. The number of anilines is 1. The van der Waals surface area contributed by atoms with Crippen molar-refractivity contribution in [3.63, 3.8) is 0 Å². The molecule has 0 saturated heterocycles. The van der Waals surface area contributed by atoms with Gasteiger partial charge in [0.05, 0.1) is 0 Å². The van der Waals surface area contributed by atoms with Gasteiger partial charge in [0.25, 0.3) is 0 Å². The van der Waals surface area contributed by atoms with Gasteiger partial charge in [0.15, 0.2) is 5.69 Å². The van der Waals surface area contributed by atoms with E-state index < -0.39 is 29.8 Å². The molecule has 0 amide bonds. The predicted octanol–water partition coefficient (Wildman–Crippen LogP) is 2.58. The lowest BCUT2D eigenvalue weighted by atomic mass is 10.3. The third-order valence-electron chi connectivity index (χ3n) is 1.33. The highest BCUT2D eigenvalue weighted by Crippen LogP contribution is 2.32. The summed E-state index contributed by atoms with van der Waals surface area (Å²) in [5, 5.41) is 0. The van der Waals surface area contributed by atoms with Crippen LogP contribution in [-0.2, 0) is 6.18 Å². The Labute approximate surface area is 84.8 Å². The van der Waals surface area contributed by atoms with Crippen molar-refractivity contribution >= 4 is 5.69 Å². The Morgan fingerprint density at radius 2 is 1.62 bits per heavy atom. The lowest BCUT2D eigenvalue weighted by Crippen LogP contribution is -2.19. The number of alkyl halides is 6. The normalized spacial score (nSPS) is 12.6. The maximum absolute atomic E-state index is 12.1. The summed E-state index contributed by atoms with van der Waals surface area (Å²) in [5.74, 6) is -1.25. The van der Waals surface area contributed by atoms with Crippen molar-refractivity contribution in [2.75, 3.05) is 5.73 Å². The number of aromatic nitrogens is 1. The number of nitrogen functional groups attached to an aromatic ring is 1. The third-order valence-corrected chi connectivity index (χ3v) is 1.33. The van der Waals surface area contributed by atoms with Crippen LogP contribution in [0.3, 0.4) is 0 Å². The summed E-state index contributed by atoms with van der Waals surface area (Å²) in [6, 6.07) is 0.950. The highest BCUT2D eigenvalue weighted by atomic mass is 19.4. The molecule has 0 bridgehead atoms. The summed E-state index contributed by atoms with van der Waals surface area (Å²) in [6.07, 6.45) is -10.0. The van der Waals surface area contributed by atoms with E-state index >= 15 is 0 Å². The van der Waals surface area contributed by atoms with Crippen molar-refractivity contribution in [3.8, 4) is 5.88 Å². The number of hydrogen-bond acceptors (Lipinski definition) is 3. The third kappa shape index (κ3) is 3.48. The number of rotatable bonds is 1. The molecular formula is C7H4F6N2O. The van der Waals surface area contributed by atoms with Crippen molar-refractivity contribution in [2.45, 2.75) is 12.5 Å². The number of nitrogens with zero attached hydrogens (tertiary/aromatic N) is 1. The van der Waals surface area contributed by atoms with Gasteiger partial charge in [-0.2, -0.15) is 13.2 Å². The molecule has 2 N–H and O–H groups in total. The molecule has 3 nitrogen and oxygen atoms in total. The van der Waals surface area contributed by atoms with Crippen LogP contribution in [0.5, 0.6) is 5.88 Å². The molecule has 0 atom stereocenters. The largest absolute Gasteiger partial charge is 0.574 e. The van der Waals surface area contributed by atoms with Crippen LogP contribution in [0.15, 0.2) is 12.1 Å². The van der Waals surface area contributed by atoms with Crippen LogP contribution in [0.25, 0.3) is 0 Å². The monoisotopic (exact) mass is 246 g/mol. The molecule has 1 rings (SSSR count). The summed E-state index contributed by atoms with van der Waals surface area (Å²) >= 11 is 0. The van der Waals surface area contributed by atoms with Crippen LogP contribution >= 0.6 is 0 Å². The highest BCUT2D eigenvalue weighted by molar-refractivity contribution is 5.43. The smallest absolute Gasteiger partial charge is 0.399 e. The Morgan fingerprint density at radius 1 is 1.06 bits per heavy atom. The average Bonchev–Trinajstić information content (AvgIpc) is 1.97. The maximum Gasteiger partial charge on any atom is 0.574 e. The Kier molecular flexibility index (Phi) is 2.89. The molecule has 0 saturated carbocycles. The molecule has 16 heavy (non-hydrogen) atoms. The van der Waals surface area contributed by atoms with Crippen molar-refractivity contribution in [1.82, 2.24) is 4.98 Å². The fraction of sp³-hybridized carbons (Fsp3) is 0.286. The molecule has 0 fully saturated rings. The minimum absolute atomic E-state index is 0.406. The first-order chi connectivity index (χ1) is 7.08. The highest BCUT2D eigenvalue weighted by Gasteiger charge is 2.36. The van der Waals surface area contributed by atoms with E-state index in [0.717, 1.165) is 0 Å². The van der Waals surface area contributed by atoms with E-state index in [4.69, 9.17) is 5.73 Å². The number of hydrogen-bond donors (Lipinski definition) is 1. The minimum atomic E-state index is -5.12. The fourth-order valence-electron chi connectivity index (χ4n) is 0.841. The molecule has 90 valence electrons. The SMILES string of the molecule is Nc1cc(OC(F)(F)F)nc(C(F)(F)F)c1. The minimum Gasteiger partial charge on any atom is -0.399 e. The van der Waals surface area contributed by atoms with Crippen molar-refractivity contribution < 1.29 is 31.1 Å². The summed E-state index contributed by atoms with van der Waals surface area (Å²) in [4.78, 5) is 2.64. The number of ether oxygens (including phenoxy) is 1. The Morgan fingerprint density at radius 3 is 2.06 bits per heavy atom. The molecule has 0 aliphatic heterocycles. The summed E-state index contributed by atoms with van der Waals surface area (Å²) in [7, 11) is 0. The lowest BCUT2D eigenvalue weighted by molar-refractivity contribution is -0.276. The van der Waals surface area contributed by atoms with Crippen LogP contribution in [0, 0.1) is 0 Å². The van der Waals surface area contributed by atoms with Crippen LogP contribution in [0.4, 0.5) is 32.0 Å². The van der Waals surface area contributed by atoms with Gasteiger partial charge in [0.2, 0.25) is 5.88 Å². The zero-order valence-corrected chi connectivity index (χ0v) is 7.36. The fourth-order valence-corrected chi connectivity index (χ4v) is 0.841. The second kappa shape index (κ2) is 3.72. The van der Waals surface area contributed by atoms with Crippen LogP contribution in [0.2, 0.25) is 0 Å². The van der Waals surface area contributed by atoms with E-state index in [1.807, 2.05) is 0 Å². The maximum atomic E-state index is 12.1. The molecule has 9 heteroatoms. The van der Waals surface area contributed by atoms with Crippen molar-refractivity contribution in [2.24, 2.45) is 0 Å². The zero-order chi connectivity index (χ0) is 12.6. The molecule has 0 aliphatic rings. The molecule has 0 unspecified atom stereocenters. The van der Waals surface area contributed by atoms with Crippen molar-refractivity contribution in [1.29, 1.82) is 0 Å². The van der Waals surface area contributed by atoms with Crippen molar-refractivity contribution in [3.05, 3.63) is 17.8 Å². The summed E-state index contributed by atoms with van der Waals surface area (Å²) < 4.78 is 74.8. The number of pyridine rings is 1. The van der Waals surface area contributed by atoms with Crippen LogP contribution < -0.4 is 10.5 Å². The van der Waals surface area contributed by atoms with Crippen LogP contribution in [0.1, 0.15) is 5.69 Å². The van der Waals surface area contributed by atoms with Gasteiger partial charge in [0.1, 0.15) is 0 Å². The molecular weight excluding hydrogens is 242 g/mol. The second-order valence-electron chi connectivity index (χ2n) is 2.67. The van der Waals surface area contributed by atoms with E-state index in [1.54, 1.807) is 0 Å². The molecule has 1 aromatic heterocycles. The van der Waals surface area contributed by atoms with E-state index in [9.17, 15) is 26.3 Å². The Bertz CT molecular complexity index is 385.